The maximum Gasteiger partial charge on any atom is 0.119 e. The van der Waals surface area contributed by atoms with Crippen molar-refractivity contribution in [3.63, 3.8) is 0 Å². The maximum absolute atomic E-state index is 8.86. The number of rotatable bonds is 6. The highest BCUT2D eigenvalue weighted by Crippen LogP contribution is 2.23. The number of nitriles is 1. The van der Waals surface area contributed by atoms with Gasteiger partial charge in [0, 0.05) is 12.1 Å². The molecule has 0 amide bonds. The first-order valence-corrected chi connectivity index (χ1v) is 8.79. The van der Waals surface area contributed by atoms with E-state index in [1.54, 1.807) is 0 Å². The van der Waals surface area contributed by atoms with Crippen molar-refractivity contribution in [1.82, 2.24) is 0 Å². The molecule has 1 aliphatic heterocycles. The summed E-state index contributed by atoms with van der Waals surface area (Å²) in [6.07, 6.45) is 7.27. The summed E-state index contributed by atoms with van der Waals surface area (Å²) in [5.74, 6) is 0.949. The van der Waals surface area contributed by atoms with Crippen LogP contribution in [0.15, 0.2) is 53.5 Å². The summed E-state index contributed by atoms with van der Waals surface area (Å²) in [5, 5.41) is 8.86. The Morgan fingerprint density at radius 1 is 1.16 bits per heavy atom. The Bertz CT molecular complexity index is 826. The fourth-order valence-corrected chi connectivity index (χ4v) is 2.82. The summed E-state index contributed by atoms with van der Waals surface area (Å²) < 4.78 is 5.81. The first-order valence-electron chi connectivity index (χ1n) is 8.79. The van der Waals surface area contributed by atoms with Gasteiger partial charge < -0.3 is 4.74 Å². The van der Waals surface area contributed by atoms with Gasteiger partial charge >= 0.3 is 0 Å². The molecule has 1 aliphatic rings. The summed E-state index contributed by atoms with van der Waals surface area (Å²) in [5.41, 5.74) is 5.22. The van der Waals surface area contributed by atoms with Crippen molar-refractivity contribution in [1.29, 1.82) is 5.26 Å². The minimum absolute atomic E-state index is 0.674. The van der Waals surface area contributed by atoms with Gasteiger partial charge in [0.05, 0.1) is 24.0 Å². The lowest BCUT2D eigenvalue weighted by molar-refractivity contribution is 0.309. The van der Waals surface area contributed by atoms with Crippen LogP contribution in [0.1, 0.15) is 42.0 Å². The van der Waals surface area contributed by atoms with Crippen molar-refractivity contribution in [2.45, 2.75) is 26.2 Å². The molecule has 0 saturated carbocycles. The highest BCUT2D eigenvalue weighted by atomic mass is 16.5. The number of benzene rings is 2. The van der Waals surface area contributed by atoms with Crippen molar-refractivity contribution in [3.05, 3.63) is 70.8 Å². The van der Waals surface area contributed by atoms with E-state index in [-0.39, 0.29) is 0 Å². The monoisotopic (exact) mass is 330 g/mol. The Labute approximate surface area is 149 Å². The highest BCUT2D eigenvalue weighted by molar-refractivity contribution is 6.12. The molecule has 3 heteroatoms. The van der Waals surface area contributed by atoms with Gasteiger partial charge in [-0.15, -0.1) is 0 Å². The van der Waals surface area contributed by atoms with Crippen molar-refractivity contribution in [2.75, 3.05) is 13.2 Å². The van der Waals surface area contributed by atoms with Gasteiger partial charge in [-0.1, -0.05) is 31.6 Å². The van der Waals surface area contributed by atoms with E-state index in [2.05, 4.69) is 36.2 Å². The molecule has 126 valence electrons. The summed E-state index contributed by atoms with van der Waals surface area (Å²) in [7, 11) is 0. The van der Waals surface area contributed by atoms with Crippen LogP contribution in [-0.4, -0.2) is 18.9 Å². The van der Waals surface area contributed by atoms with Gasteiger partial charge in [-0.25, -0.2) is 0 Å². The molecule has 25 heavy (non-hydrogen) atoms. The molecule has 0 radical (unpaired) electrons. The van der Waals surface area contributed by atoms with Crippen LogP contribution in [0.4, 0.5) is 0 Å². The minimum Gasteiger partial charge on any atom is -0.494 e. The predicted molar refractivity (Wildman–Crippen MR) is 102 cm³/mol. The maximum atomic E-state index is 8.86. The average molecular weight is 330 g/mol. The van der Waals surface area contributed by atoms with Gasteiger partial charge in [-0.3, -0.25) is 4.99 Å². The number of unbranched alkanes of at least 4 members (excludes halogenated alkanes) is 1. The second-order valence-electron chi connectivity index (χ2n) is 6.11. The minimum atomic E-state index is 0.674. The number of ether oxygens (including phenoxy) is 1. The Kier molecular flexibility index (Phi) is 5.64. The lowest BCUT2D eigenvalue weighted by Gasteiger charge is -2.16. The second kappa shape index (κ2) is 8.30. The summed E-state index contributed by atoms with van der Waals surface area (Å²) in [6, 6.07) is 16.0. The predicted octanol–water partition coefficient (Wildman–Crippen LogP) is 4.80. The molecule has 0 saturated heterocycles. The third kappa shape index (κ3) is 4.36. The van der Waals surface area contributed by atoms with E-state index < -0.39 is 0 Å². The largest absolute Gasteiger partial charge is 0.494 e. The number of allylic oxidation sites excluding steroid dienone is 1. The second-order valence-corrected chi connectivity index (χ2v) is 6.11. The standard InChI is InChI=1S/C22H22N2O/c1-2-3-14-25-20-9-10-21-19(15-20)12-13-24-22(21)11-8-17-4-6-18(16-23)7-5-17/h4-11,15H,2-3,12-14H2,1H3/b11-8+. The fraction of sp³-hybridized carbons (Fsp3) is 0.273. The first kappa shape index (κ1) is 17.0. The van der Waals surface area contributed by atoms with Crippen LogP contribution in [0.3, 0.4) is 0 Å². The zero-order chi connectivity index (χ0) is 17.5. The molecule has 3 nitrogen and oxygen atoms in total. The van der Waals surface area contributed by atoms with Crippen molar-refractivity contribution >= 4 is 11.8 Å². The van der Waals surface area contributed by atoms with Crippen LogP contribution in [0, 0.1) is 11.3 Å². The van der Waals surface area contributed by atoms with E-state index in [1.807, 2.05) is 36.4 Å². The zero-order valence-corrected chi connectivity index (χ0v) is 14.5. The van der Waals surface area contributed by atoms with Gasteiger partial charge in [-0.2, -0.15) is 5.26 Å². The average Bonchev–Trinajstić information content (AvgIpc) is 2.66. The zero-order valence-electron chi connectivity index (χ0n) is 14.5. The first-order chi connectivity index (χ1) is 12.3. The van der Waals surface area contributed by atoms with Crippen LogP contribution in [0.25, 0.3) is 6.08 Å². The molecule has 0 aromatic heterocycles. The lowest BCUT2D eigenvalue weighted by atomic mass is 9.96. The van der Waals surface area contributed by atoms with Crippen LogP contribution >= 0.6 is 0 Å². The van der Waals surface area contributed by atoms with Gasteiger partial charge in [-0.05, 0) is 60.4 Å². The summed E-state index contributed by atoms with van der Waals surface area (Å²) in [4.78, 5) is 4.66. The summed E-state index contributed by atoms with van der Waals surface area (Å²) in [6.45, 7) is 3.74. The smallest absolute Gasteiger partial charge is 0.119 e. The number of aliphatic imine (C=N–C) groups is 1. The van der Waals surface area contributed by atoms with Crippen LogP contribution < -0.4 is 4.74 Å². The van der Waals surface area contributed by atoms with Gasteiger partial charge in [0.15, 0.2) is 0 Å². The number of hydrogen-bond acceptors (Lipinski definition) is 3. The molecule has 0 atom stereocenters. The van der Waals surface area contributed by atoms with Gasteiger partial charge in [0.25, 0.3) is 0 Å². The molecule has 3 rings (SSSR count). The SMILES string of the molecule is CCCCOc1ccc2c(c1)CCN=C2/C=C/c1ccc(C#N)cc1. The summed E-state index contributed by atoms with van der Waals surface area (Å²) >= 11 is 0. The molecule has 0 unspecified atom stereocenters. The lowest BCUT2D eigenvalue weighted by Crippen LogP contribution is -2.11. The number of fused-ring (bicyclic) bond motifs is 1. The Hall–Kier alpha value is -2.86. The van der Waals surface area contributed by atoms with Crippen molar-refractivity contribution < 1.29 is 4.74 Å². The molecular formula is C22H22N2O. The van der Waals surface area contributed by atoms with E-state index in [1.165, 1.54) is 11.1 Å². The molecule has 1 heterocycles. The topological polar surface area (TPSA) is 45.4 Å². The van der Waals surface area contributed by atoms with E-state index in [4.69, 9.17) is 10.00 Å². The number of nitrogens with zero attached hydrogens (tertiary/aromatic N) is 2. The molecule has 0 bridgehead atoms. The van der Waals surface area contributed by atoms with E-state index >= 15 is 0 Å². The Balaban J connectivity index is 1.75. The van der Waals surface area contributed by atoms with Crippen LogP contribution in [-0.2, 0) is 6.42 Å². The molecule has 0 fully saturated rings. The van der Waals surface area contributed by atoms with E-state index in [9.17, 15) is 0 Å². The number of hydrogen-bond donors (Lipinski definition) is 0. The molecular weight excluding hydrogens is 308 g/mol. The van der Waals surface area contributed by atoms with Crippen LogP contribution in [0.5, 0.6) is 5.75 Å². The molecule has 0 spiro atoms. The normalized spacial score (nSPS) is 13.2. The van der Waals surface area contributed by atoms with Crippen LogP contribution in [0.2, 0.25) is 0 Å². The van der Waals surface area contributed by atoms with E-state index in [0.717, 1.165) is 49.4 Å². The third-order valence-corrected chi connectivity index (χ3v) is 4.26. The Morgan fingerprint density at radius 3 is 2.76 bits per heavy atom. The molecule has 2 aromatic carbocycles. The van der Waals surface area contributed by atoms with Gasteiger partial charge in [0.1, 0.15) is 5.75 Å². The quantitative estimate of drug-likeness (QED) is 0.714. The fourth-order valence-electron chi connectivity index (χ4n) is 2.82. The Morgan fingerprint density at radius 2 is 2.00 bits per heavy atom. The highest BCUT2D eigenvalue weighted by Gasteiger charge is 2.13. The molecule has 0 aliphatic carbocycles. The van der Waals surface area contributed by atoms with Crippen molar-refractivity contribution in [3.8, 4) is 11.8 Å². The molecule has 0 N–H and O–H groups in total. The third-order valence-electron chi connectivity index (χ3n) is 4.26. The molecule has 2 aromatic rings. The van der Waals surface area contributed by atoms with Crippen molar-refractivity contribution in [2.24, 2.45) is 4.99 Å². The van der Waals surface area contributed by atoms with Gasteiger partial charge in [0.2, 0.25) is 0 Å². The van der Waals surface area contributed by atoms with E-state index in [0.29, 0.717) is 5.56 Å².